The molecule has 2 aliphatic rings. The van der Waals surface area contributed by atoms with Gasteiger partial charge in [-0.2, -0.15) is 5.10 Å². The van der Waals surface area contributed by atoms with Crippen LogP contribution < -0.4 is 15.8 Å². The van der Waals surface area contributed by atoms with E-state index in [4.69, 9.17) is 27.5 Å². The highest BCUT2D eigenvalue weighted by molar-refractivity contribution is 6.69. The van der Waals surface area contributed by atoms with E-state index in [0.717, 1.165) is 28.9 Å². The van der Waals surface area contributed by atoms with E-state index in [1.54, 1.807) is 23.0 Å². The van der Waals surface area contributed by atoms with E-state index in [0.29, 0.717) is 34.9 Å². The van der Waals surface area contributed by atoms with Crippen LogP contribution in [-0.4, -0.2) is 26.5 Å². The van der Waals surface area contributed by atoms with Gasteiger partial charge in [0.1, 0.15) is 17.1 Å². The van der Waals surface area contributed by atoms with Gasteiger partial charge in [-0.1, -0.05) is 17.7 Å². The smallest absolute Gasteiger partial charge is 0.166 e. The number of aryl methyl sites for hydroxylation is 1. The summed E-state index contributed by atoms with van der Waals surface area (Å²) in [6.45, 7) is 2.63. The zero-order valence-electron chi connectivity index (χ0n) is 19.0. The van der Waals surface area contributed by atoms with Crippen LogP contribution in [0.5, 0.6) is 5.75 Å². The van der Waals surface area contributed by atoms with Crippen LogP contribution in [0.1, 0.15) is 42.7 Å². The number of benzene rings is 1. The van der Waals surface area contributed by atoms with Crippen molar-refractivity contribution in [1.29, 1.82) is 5.41 Å². The standard InChI is InChI=1S/C25H26ClFN6O/c1-13-18-8-16(27)5-6-17(18)20-12-33(2)32-21(20)9-19(24(26)28)23(30-10-14-3-4-14)15-7-22(34-13)25(29)31-11-15/h5-8,11-14,28,30H,3-4,9-10H2,1-2H3,(H2,29,31)/b23-19-,28-24?/t13-/m1/s1. The Bertz CT molecular complexity index is 1310. The van der Waals surface area contributed by atoms with Crippen molar-refractivity contribution in [2.24, 2.45) is 13.0 Å². The van der Waals surface area contributed by atoms with Crippen LogP contribution >= 0.6 is 11.6 Å². The van der Waals surface area contributed by atoms with Crippen molar-refractivity contribution in [2.45, 2.75) is 32.3 Å². The lowest BCUT2D eigenvalue weighted by atomic mass is 9.93. The van der Waals surface area contributed by atoms with E-state index >= 15 is 0 Å². The first-order chi connectivity index (χ1) is 16.3. The first-order valence-electron chi connectivity index (χ1n) is 11.3. The highest BCUT2D eigenvalue weighted by atomic mass is 35.5. The lowest BCUT2D eigenvalue weighted by Crippen LogP contribution is -2.20. The monoisotopic (exact) mass is 480 g/mol. The Balaban J connectivity index is 1.76. The highest BCUT2D eigenvalue weighted by Gasteiger charge is 2.26. The van der Waals surface area contributed by atoms with Crippen LogP contribution in [0.25, 0.3) is 16.8 Å². The summed E-state index contributed by atoms with van der Waals surface area (Å²) in [7, 11) is 1.84. The number of hydrogen-bond donors (Lipinski definition) is 3. The number of anilines is 1. The first-order valence-corrected chi connectivity index (χ1v) is 11.6. The molecule has 1 fully saturated rings. The van der Waals surface area contributed by atoms with Gasteiger partial charge in [0.2, 0.25) is 0 Å². The fraction of sp³-hybridized carbons (Fsp3) is 0.320. The van der Waals surface area contributed by atoms with Gasteiger partial charge in [0.15, 0.2) is 11.6 Å². The number of nitrogens with one attached hydrogen (secondary N) is 2. The Morgan fingerprint density at radius 3 is 2.85 bits per heavy atom. The molecule has 1 saturated carbocycles. The Morgan fingerprint density at radius 1 is 1.32 bits per heavy atom. The van der Waals surface area contributed by atoms with Crippen molar-refractivity contribution in [3.05, 3.63) is 64.9 Å². The van der Waals surface area contributed by atoms with Crippen molar-refractivity contribution in [1.82, 2.24) is 20.1 Å². The van der Waals surface area contributed by atoms with E-state index in [2.05, 4.69) is 15.4 Å². The van der Waals surface area contributed by atoms with Gasteiger partial charge < -0.3 is 15.8 Å². The summed E-state index contributed by atoms with van der Waals surface area (Å²) in [5, 5.41) is 16.5. The summed E-state index contributed by atoms with van der Waals surface area (Å²) < 4.78 is 22.2. The van der Waals surface area contributed by atoms with Crippen molar-refractivity contribution in [3.8, 4) is 16.9 Å². The number of halogens is 2. The Kier molecular flexibility index (Phi) is 5.77. The van der Waals surface area contributed by atoms with E-state index in [-0.39, 0.29) is 16.8 Å². The second kappa shape index (κ2) is 8.76. The van der Waals surface area contributed by atoms with E-state index in [9.17, 15) is 4.39 Å². The summed E-state index contributed by atoms with van der Waals surface area (Å²) in [6.07, 6.45) is 5.72. The molecule has 9 heteroatoms. The molecule has 1 aliphatic heterocycles. The van der Waals surface area contributed by atoms with E-state index in [1.165, 1.54) is 25.0 Å². The van der Waals surface area contributed by atoms with Crippen molar-refractivity contribution in [2.75, 3.05) is 12.3 Å². The number of rotatable bonds is 4. The molecule has 2 aromatic heterocycles. The number of nitrogens with two attached hydrogens (primary N) is 1. The largest absolute Gasteiger partial charge is 0.482 e. The highest BCUT2D eigenvalue weighted by Crippen LogP contribution is 2.38. The molecule has 2 bridgehead atoms. The molecule has 7 nitrogen and oxygen atoms in total. The van der Waals surface area contributed by atoms with Crippen molar-refractivity contribution in [3.63, 3.8) is 0 Å². The Morgan fingerprint density at radius 2 is 2.12 bits per heavy atom. The third kappa shape index (κ3) is 4.37. The molecule has 0 unspecified atom stereocenters. The molecule has 3 aromatic rings. The molecular weight excluding hydrogens is 455 g/mol. The topological polar surface area (TPSA) is 102 Å². The molecule has 3 heterocycles. The van der Waals surface area contributed by atoms with Crippen molar-refractivity contribution < 1.29 is 9.13 Å². The van der Waals surface area contributed by atoms with Crippen LogP contribution in [0.2, 0.25) is 0 Å². The fourth-order valence-electron chi connectivity index (χ4n) is 4.34. The van der Waals surface area contributed by atoms with Gasteiger partial charge in [-0.25, -0.2) is 9.37 Å². The molecule has 0 spiro atoms. The average molecular weight is 481 g/mol. The number of nitrogen functional groups attached to an aromatic ring is 1. The molecule has 1 aliphatic carbocycles. The van der Waals surface area contributed by atoms with Gasteiger partial charge in [-0.3, -0.25) is 10.1 Å². The minimum atomic E-state index is -0.504. The number of allylic oxidation sites excluding steroid dienone is 1. The molecule has 0 radical (unpaired) electrons. The summed E-state index contributed by atoms with van der Waals surface area (Å²) in [5.74, 6) is 0.862. The summed E-state index contributed by atoms with van der Waals surface area (Å²) in [6, 6.07) is 6.43. The minimum Gasteiger partial charge on any atom is -0.482 e. The Hall–Kier alpha value is -3.39. The van der Waals surface area contributed by atoms with Gasteiger partial charge >= 0.3 is 0 Å². The quantitative estimate of drug-likeness (QED) is 0.464. The molecule has 0 saturated heterocycles. The number of nitrogens with zero attached hydrogens (tertiary/aromatic N) is 3. The third-order valence-corrected chi connectivity index (χ3v) is 6.52. The molecular formula is C25H26ClFN6O. The normalized spacial score (nSPS) is 19.8. The lowest BCUT2D eigenvalue weighted by Gasteiger charge is -2.22. The third-order valence-electron chi connectivity index (χ3n) is 6.30. The minimum absolute atomic E-state index is 0.0843. The van der Waals surface area contributed by atoms with Gasteiger partial charge in [0.25, 0.3) is 0 Å². The first kappa shape index (κ1) is 22.4. The molecule has 34 heavy (non-hydrogen) atoms. The second-order valence-electron chi connectivity index (χ2n) is 8.93. The number of aromatic nitrogens is 3. The molecule has 1 atom stereocenters. The molecule has 0 amide bonds. The van der Waals surface area contributed by atoms with Crippen LogP contribution in [0, 0.1) is 17.1 Å². The molecule has 1 aromatic carbocycles. The predicted molar refractivity (Wildman–Crippen MR) is 131 cm³/mol. The van der Waals surface area contributed by atoms with Crippen LogP contribution in [0.15, 0.2) is 42.2 Å². The second-order valence-corrected chi connectivity index (χ2v) is 9.31. The fourth-order valence-corrected chi connectivity index (χ4v) is 4.50. The van der Waals surface area contributed by atoms with E-state index in [1.807, 2.05) is 20.2 Å². The number of pyridine rings is 1. The lowest BCUT2D eigenvalue weighted by molar-refractivity contribution is 0.227. The summed E-state index contributed by atoms with van der Waals surface area (Å²) >= 11 is 6.36. The number of fused-ring (bicyclic) bond motifs is 5. The summed E-state index contributed by atoms with van der Waals surface area (Å²) in [5.41, 5.74) is 11.2. The molecule has 176 valence electrons. The number of hydrogen-bond acceptors (Lipinski definition) is 6. The van der Waals surface area contributed by atoms with Gasteiger partial charge in [-0.05, 0) is 49.4 Å². The zero-order valence-corrected chi connectivity index (χ0v) is 19.8. The molecule has 4 N–H and O–H groups in total. The Labute approximate surface area is 202 Å². The molecule has 5 rings (SSSR count). The van der Waals surface area contributed by atoms with E-state index < -0.39 is 6.10 Å². The van der Waals surface area contributed by atoms with Crippen molar-refractivity contribution >= 4 is 28.3 Å². The number of ether oxygens (including phenoxy) is 1. The zero-order chi connectivity index (χ0) is 24.0. The van der Waals surface area contributed by atoms with Crippen LogP contribution in [0.3, 0.4) is 0 Å². The van der Waals surface area contributed by atoms with Crippen LogP contribution in [0.4, 0.5) is 10.2 Å². The predicted octanol–water partition coefficient (Wildman–Crippen LogP) is 4.83. The maximum absolute atomic E-state index is 14.3. The van der Waals surface area contributed by atoms with Crippen LogP contribution in [-0.2, 0) is 13.5 Å². The SMILES string of the molecule is C[C@H]1Oc2cc(cnc2N)/C(NCC2CC2)=C(/C(=N)Cl)Cc2nn(C)cc2-c2ccc(F)cc21. The maximum atomic E-state index is 14.3. The van der Waals surface area contributed by atoms with Gasteiger partial charge in [0.05, 0.1) is 5.69 Å². The van der Waals surface area contributed by atoms with Gasteiger partial charge in [-0.15, -0.1) is 0 Å². The summed E-state index contributed by atoms with van der Waals surface area (Å²) in [4.78, 5) is 4.34. The average Bonchev–Trinajstić information content (AvgIpc) is 3.55. The maximum Gasteiger partial charge on any atom is 0.166 e. The van der Waals surface area contributed by atoms with Gasteiger partial charge in [0, 0.05) is 60.4 Å².